The van der Waals surface area contributed by atoms with Crippen LogP contribution in [-0.4, -0.2) is 27.3 Å². The van der Waals surface area contributed by atoms with E-state index in [1.807, 2.05) is 0 Å². The Morgan fingerprint density at radius 3 is 2.82 bits per heavy atom. The van der Waals surface area contributed by atoms with Crippen molar-refractivity contribution in [3.8, 4) is 0 Å². The number of amides is 1. The van der Waals surface area contributed by atoms with Crippen molar-refractivity contribution in [2.45, 2.75) is 64.2 Å². The quantitative estimate of drug-likeness (QED) is 0.551. The normalized spacial score (nSPS) is 19.9. The third-order valence-corrected chi connectivity index (χ3v) is 6.43. The molecule has 1 amide bonds. The molecule has 1 saturated carbocycles. The molecule has 1 N–H and O–H groups in total. The van der Waals surface area contributed by atoms with Crippen molar-refractivity contribution < 1.29 is 4.79 Å². The van der Waals surface area contributed by atoms with Gasteiger partial charge in [-0.2, -0.15) is 0 Å². The largest absolute Gasteiger partial charge is 0.352 e. The smallest absolute Gasteiger partial charge is 0.262 e. The van der Waals surface area contributed by atoms with Crippen LogP contribution in [0.3, 0.4) is 0 Å². The van der Waals surface area contributed by atoms with Gasteiger partial charge >= 0.3 is 0 Å². The van der Waals surface area contributed by atoms with Gasteiger partial charge < -0.3 is 5.32 Å². The topological polar surface area (TPSA) is 64.0 Å². The standard InChI is InChI=1S/C21H28ClN3O2S/c1-13(2)11-25-20(27)16-10-15(22)8-9-18(16)24-21(25)28-12-19(26)23-17-7-5-4-6-14(17)3/h8-10,13-14,17H,4-7,11-12H2,1-3H3,(H,23,26)/t14-,17+/m0/s1. The summed E-state index contributed by atoms with van der Waals surface area (Å²) in [4.78, 5) is 30.1. The molecule has 0 saturated heterocycles. The van der Waals surface area contributed by atoms with Gasteiger partial charge in [0.15, 0.2) is 5.16 Å². The number of carbonyl (C=O) groups excluding carboxylic acids is 1. The lowest BCUT2D eigenvalue weighted by Gasteiger charge is -2.29. The predicted octanol–water partition coefficient (Wildman–Crippen LogP) is 4.49. The van der Waals surface area contributed by atoms with Crippen LogP contribution in [0, 0.1) is 11.8 Å². The summed E-state index contributed by atoms with van der Waals surface area (Å²) in [6.45, 7) is 6.87. The first-order valence-corrected chi connectivity index (χ1v) is 11.3. The summed E-state index contributed by atoms with van der Waals surface area (Å²) in [6, 6.07) is 5.40. The van der Waals surface area contributed by atoms with Crippen LogP contribution in [0.15, 0.2) is 28.2 Å². The molecule has 1 aliphatic carbocycles. The molecule has 1 aromatic carbocycles. The summed E-state index contributed by atoms with van der Waals surface area (Å²) in [5, 5.41) is 4.78. The monoisotopic (exact) mass is 421 g/mol. The molecule has 1 aromatic heterocycles. The van der Waals surface area contributed by atoms with Crippen LogP contribution in [0.2, 0.25) is 5.02 Å². The average Bonchev–Trinajstić information content (AvgIpc) is 2.65. The second-order valence-electron chi connectivity index (χ2n) is 8.09. The fourth-order valence-corrected chi connectivity index (χ4v) is 4.71. The minimum absolute atomic E-state index is 0.00491. The SMILES string of the molecule is CC(C)Cn1c(SCC(=O)N[C@@H]2CCCC[C@@H]2C)nc2ccc(Cl)cc2c1=O. The molecule has 7 heteroatoms. The Kier molecular flexibility index (Phi) is 7.05. The van der Waals surface area contributed by atoms with Gasteiger partial charge in [0.1, 0.15) is 0 Å². The molecule has 2 aromatic rings. The highest BCUT2D eigenvalue weighted by Crippen LogP contribution is 2.25. The van der Waals surface area contributed by atoms with E-state index in [0.29, 0.717) is 33.5 Å². The molecule has 0 aliphatic heterocycles. The van der Waals surface area contributed by atoms with Gasteiger partial charge in [-0.3, -0.25) is 14.2 Å². The highest BCUT2D eigenvalue weighted by atomic mass is 35.5. The Bertz CT molecular complexity index is 912. The Balaban J connectivity index is 1.80. The number of thioether (sulfide) groups is 1. The summed E-state index contributed by atoms with van der Waals surface area (Å²) < 4.78 is 1.67. The lowest BCUT2D eigenvalue weighted by Crippen LogP contribution is -2.42. The molecule has 1 fully saturated rings. The van der Waals surface area contributed by atoms with Gasteiger partial charge in [-0.1, -0.05) is 57.0 Å². The zero-order chi connectivity index (χ0) is 20.3. The van der Waals surface area contributed by atoms with Crippen molar-refractivity contribution >= 4 is 40.2 Å². The molecule has 152 valence electrons. The number of benzene rings is 1. The summed E-state index contributed by atoms with van der Waals surface area (Å²) in [6.07, 6.45) is 4.63. The zero-order valence-electron chi connectivity index (χ0n) is 16.7. The maximum absolute atomic E-state index is 13.0. The first kappa shape index (κ1) is 21.2. The first-order chi connectivity index (χ1) is 13.3. The molecule has 1 aliphatic rings. The number of halogens is 1. The van der Waals surface area contributed by atoms with Crippen molar-refractivity contribution in [3.63, 3.8) is 0 Å². The molecule has 0 unspecified atom stereocenters. The zero-order valence-corrected chi connectivity index (χ0v) is 18.3. The Labute approximate surface area is 175 Å². The lowest BCUT2D eigenvalue weighted by molar-refractivity contribution is -0.119. The Morgan fingerprint density at radius 2 is 2.11 bits per heavy atom. The van der Waals surface area contributed by atoms with E-state index < -0.39 is 0 Å². The van der Waals surface area contributed by atoms with E-state index in [1.165, 1.54) is 31.0 Å². The van der Waals surface area contributed by atoms with Crippen LogP contribution in [0.4, 0.5) is 0 Å². The van der Waals surface area contributed by atoms with Crippen LogP contribution >= 0.6 is 23.4 Å². The second kappa shape index (κ2) is 9.31. The minimum Gasteiger partial charge on any atom is -0.352 e. The number of hydrogen-bond donors (Lipinski definition) is 1. The fourth-order valence-electron chi connectivity index (χ4n) is 3.72. The molecule has 3 rings (SSSR count). The van der Waals surface area contributed by atoms with E-state index in [0.717, 1.165) is 6.42 Å². The fraction of sp³-hybridized carbons (Fsp3) is 0.571. The van der Waals surface area contributed by atoms with Crippen LogP contribution < -0.4 is 10.9 Å². The van der Waals surface area contributed by atoms with Gasteiger partial charge in [-0.05, 0) is 42.9 Å². The molecule has 0 bridgehead atoms. The number of nitrogens with zero attached hydrogens (tertiary/aromatic N) is 2. The summed E-state index contributed by atoms with van der Waals surface area (Å²) in [5.41, 5.74) is 0.503. The van der Waals surface area contributed by atoms with Gasteiger partial charge in [0.25, 0.3) is 5.56 Å². The number of aromatic nitrogens is 2. The molecule has 1 heterocycles. The maximum atomic E-state index is 13.0. The number of hydrogen-bond acceptors (Lipinski definition) is 4. The van der Waals surface area contributed by atoms with Gasteiger partial charge in [0, 0.05) is 17.6 Å². The van der Waals surface area contributed by atoms with Gasteiger partial charge in [0.05, 0.1) is 16.7 Å². The lowest BCUT2D eigenvalue weighted by atomic mass is 9.86. The Morgan fingerprint density at radius 1 is 1.36 bits per heavy atom. The van der Waals surface area contributed by atoms with Crippen molar-refractivity contribution in [1.82, 2.24) is 14.9 Å². The molecular weight excluding hydrogens is 394 g/mol. The molecule has 2 atom stereocenters. The average molecular weight is 422 g/mol. The third-order valence-electron chi connectivity index (χ3n) is 5.22. The maximum Gasteiger partial charge on any atom is 0.262 e. The molecule has 28 heavy (non-hydrogen) atoms. The van der Waals surface area contributed by atoms with E-state index in [-0.39, 0.29) is 29.2 Å². The van der Waals surface area contributed by atoms with Crippen LogP contribution in [0.25, 0.3) is 10.9 Å². The van der Waals surface area contributed by atoms with E-state index in [4.69, 9.17) is 11.6 Å². The van der Waals surface area contributed by atoms with E-state index in [1.54, 1.807) is 22.8 Å². The van der Waals surface area contributed by atoms with Crippen LogP contribution in [0.5, 0.6) is 0 Å². The van der Waals surface area contributed by atoms with E-state index >= 15 is 0 Å². The highest BCUT2D eigenvalue weighted by Gasteiger charge is 2.23. The van der Waals surface area contributed by atoms with Crippen molar-refractivity contribution in [1.29, 1.82) is 0 Å². The van der Waals surface area contributed by atoms with Crippen molar-refractivity contribution in [3.05, 3.63) is 33.6 Å². The Hall–Kier alpha value is -1.53. The number of fused-ring (bicyclic) bond motifs is 1. The third kappa shape index (κ3) is 5.09. The highest BCUT2D eigenvalue weighted by molar-refractivity contribution is 7.99. The summed E-state index contributed by atoms with van der Waals surface area (Å²) >= 11 is 7.39. The van der Waals surface area contributed by atoms with Gasteiger partial charge in [-0.25, -0.2) is 4.98 Å². The summed E-state index contributed by atoms with van der Waals surface area (Å²) in [7, 11) is 0. The summed E-state index contributed by atoms with van der Waals surface area (Å²) in [5.74, 6) is 1.07. The molecule has 5 nitrogen and oxygen atoms in total. The van der Waals surface area contributed by atoms with Crippen LogP contribution in [-0.2, 0) is 11.3 Å². The van der Waals surface area contributed by atoms with Gasteiger partial charge in [0.2, 0.25) is 5.91 Å². The molecular formula is C21H28ClN3O2S. The number of rotatable bonds is 6. The van der Waals surface area contributed by atoms with E-state index in [9.17, 15) is 9.59 Å². The second-order valence-corrected chi connectivity index (χ2v) is 9.47. The van der Waals surface area contributed by atoms with Crippen molar-refractivity contribution in [2.75, 3.05) is 5.75 Å². The van der Waals surface area contributed by atoms with E-state index in [2.05, 4.69) is 31.1 Å². The van der Waals surface area contributed by atoms with Crippen LogP contribution in [0.1, 0.15) is 46.5 Å². The predicted molar refractivity (Wildman–Crippen MR) is 116 cm³/mol. The van der Waals surface area contributed by atoms with Gasteiger partial charge in [-0.15, -0.1) is 0 Å². The number of nitrogens with one attached hydrogen (secondary N) is 1. The minimum atomic E-state index is -0.106. The number of carbonyl (C=O) groups is 1. The van der Waals surface area contributed by atoms with Crippen molar-refractivity contribution in [2.24, 2.45) is 11.8 Å². The molecule has 0 spiro atoms. The molecule has 0 radical (unpaired) electrons. The first-order valence-electron chi connectivity index (χ1n) is 9.97.